The number of hydrogen-bond acceptors (Lipinski definition) is 6. The van der Waals surface area contributed by atoms with Gasteiger partial charge >= 0.3 is 0 Å². The van der Waals surface area contributed by atoms with E-state index >= 15 is 0 Å². The van der Waals surface area contributed by atoms with Crippen molar-refractivity contribution in [1.82, 2.24) is 24.2 Å². The summed E-state index contributed by atoms with van der Waals surface area (Å²) in [6.07, 6.45) is 0. The maximum absolute atomic E-state index is 13.4. The fraction of sp³-hybridized carbons (Fsp3) is 0.421. The maximum Gasteiger partial charge on any atom is 0.247 e. The Kier molecular flexibility index (Phi) is 5.66. The molecule has 9 heteroatoms. The summed E-state index contributed by atoms with van der Waals surface area (Å²) in [4.78, 5) is 4.51. The van der Waals surface area contributed by atoms with Crippen LogP contribution in [0.3, 0.4) is 0 Å². The standard InChI is InChI=1S/C19H25N5O3S/c1-6-23(12-17-20-19(13(2)3)22-27-17)28(25,26)18-14(4)21-24(15(18)5)16-10-8-7-9-11-16/h7-11,13H,6,12H2,1-5H3. The Morgan fingerprint density at radius 1 is 1.18 bits per heavy atom. The minimum Gasteiger partial charge on any atom is -0.338 e. The van der Waals surface area contributed by atoms with Crippen LogP contribution >= 0.6 is 0 Å². The van der Waals surface area contributed by atoms with Crippen molar-refractivity contribution in [3.63, 3.8) is 0 Å². The van der Waals surface area contributed by atoms with Gasteiger partial charge in [-0.1, -0.05) is 44.1 Å². The molecule has 0 aliphatic heterocycles. The van der Waals surface area contributed by atoms with E-state index in [1.807, 2.05) is 44.2 Å². The molecule has 0 bridgehead atoms. The molecule has 0 atom stereocenters. The molecule has 0 fully saturated rings. The molecule has 0 aliphatic rings. The Bertz CT molecular complexity index is 1050. The zero-order chi connectivity index (χ0) is 20.5. The lowest BCUT2D eigenvalue weighted by molar-refractivity contribution is 0.319. The van der Waals surface area contributed by atoms with Gasteiger partial charge in [0.25, 0.3) is 0 Å². The van der Waals surface area contributed by atoms with Gasteiger partial charge in [0, 0.05) is 12.5 Å². The first-order valence-corrected chi connectivity index (χ1v) is 10.6. The summed E-state index contributed by atoms with van der Waals surface area (Å²) >= 11 is 0. The number of hydrogen-bond donors (Lipinski definition) is 0. The molecule has 2 heterocycles. The molecule has 0 aliphatic carbocycles. The van der Waals surface area contributed by atoms with E-state index in [0.717, 1.165) is 5.69 Å². The summed E-state index contributed by atoms with van der Waals surface area (Å²) in [6.45, 7) is 9.45. The Labute approximate surface area is 165 Å². The third-order valence-electron chi connectivity index (χ3n) is 4.49. The van der Waals surface area contributed by atoms with Crippen molar-refractivity contribution in [1.29, 1.82) is 0 Å². The van der Waals surface area contributed by atoms with Crippen molar-refractivity contribution in [3.8, 4) is 5.69 Å². The van der Waals surface area contributed by atoms with E-state index in [0.29, 0.717) is 17.2 Å². The molecule has 0 amide bonds. The van der Waals surface area contributed by atoms with E-state index in [1.165, 1.54) is 4.31 Å². The summed E-state index contributed by atoms with van der Waals surface area (Å²) in [7, 11) is -3.79. The molecule has 0 saturated carbocycles. The van der Waals surface area contributed by atoms with E-state index in [2.05, 4.69) is 15.2 Å². The van der Waals surface area contributed by atoms with Crippen molar-refractivity contribution in [3.05, 3.63) is 53.4 Å². The first kappa shape index (κ1) is 20.2. The molecule has 3 aromatic rings. The lowest BCUT2D eigenvalue weighted by Gasteiger charge is -2.19. The molecular weight excluding hydrogens is 378 g/mol. The van der Waals surface area contributed by atoms with Crippen molar-refractivity contribution in [2.24, 2.45) is 0 Å². The monoisotopic (exact) mass is 403 g/mol. The summed E-state index contributed by atoms with van der Waals surface area (Å²) in [5, 5.41) is 8.37. The third-order valence-corrected chi connectivity index (χ3v) is 6.66. The minimum atomic E-state index is -3.79. The molecule has 0 saturated heterocycles. The van der Waals surface area contributed by atoms with Crippen molar-refractivity contribution in [2.45, 2.75) is 52.0 Å². The van der Waals surface area contributed by atoms with Crippen LogP contribution in [0.1, 0.15) is 49.8 Å². The summed E-state index contributed by atoms with van der Waals surface area (Å²) in [5.74, 6) is 0.949. The Morgan fingerprint density at radius 2 is 1.86 bits per heavy atom. The molecule has 2 aromatic heterocycles. The highest BCUT2D eigenvalue weighted by Gasteiger charge is 2.31. The van der Waals surface area contributed by atoms with Crippen LogP contribution in [0.25, 0.3) is 5.69 Å². The average Bonchev–Trinajstić information content (AvgIpc) is 3.24. The van der Waals surface area contributed by atoms with Crippen LogP contribution in [0.15, 0.2) is 39.8 Å². The molecule has 1 aromatic carbocycles. The van der Waals surface area contributed by atoms with Crippen molar-refractivity contribution >= 4 is 10.0 Å². The van der Waals surface area contributed by atoms with Gasteiger partial charge in [0.2, 0.25) is 15.9 Å². The van der Waals surface area contributed by atoms with Gasteiger partial charge in [0.15, 0.2) is 5.82 Å². The topological polar surface area (TPSA) is 94.1 Å². The number of aromatic nitrogens is 4. The number of benzene rings is 1. The quantitative estimate of drug-likeness (QED) is 0.601. The lowest BCUT2D eigenvalue weighted by Crippen LogP contribution is -2.31. The highest BCUT2D eigenvalue weighted by molar-refractivity contribution is 7.89. The number of rotatable bonds is 7. The van der Waals surface area contributed by atoms with Crippen LogP contribution in [0.2, 0.25) is 0 Å². The SMILES string of the molecule is CCN(Cc1nc(C(C)C)no1)S(=O)(=O)c1c(C)nn(-c2ccccc2)c1C. The second kappa shape index (κ2) is 7.84. The average molecular weight is 404 g/mol. The predicted molar refractivity (Wildman–Crippen MR) is 105 cm³/mol. The van der Waals surface area contributed by atoms with Crippen LogP contribution in [0, 0.1) is 13.8 Å². The van der Waals surface area contributed by atoms with Crippen molar-refractivity contribution < 1.29 is 12.9 Å². The molecule has 150 valence electrons. The number of para-hydroxylation sites is 1. The van der Waals surface area contributed by atoms with Crippen molar-refractivity contribution in [2.75, 3.05) is 6.54 Å². The molecule has 8 nitrogen and oxygen atoms in total. The highest BCUT2D eigenvalue weighted by Crippen LogP contribution is 2.26. The van der Waals surface area contributed by atoms with Gasteiger partial charge in [0.05, 0.1) is 23.6 Å². The summed E-state index contributed by atoms with van der Waals surface area (Å²) in [6, 6.07) is 9.46. The van der Waals surface area contributed by atoms with Gasteiger partial charge in [0.1, 0.15) is 4.90 Å². The van der Waals surface area contributed by atoms with Gasteiger partial charge in [-0.15, -0.1) is 0 Å². The van der Waals surface area contributed by atoms with E-state index in [-0.39, 0.29) is 29.8 Å². The molecule has 0 radical (unpaired) electrons. The maximum atomic E-state index is 13.4. The molecule has 3 rings (SSSR count). The smallest absolute Gasteiger partial charge is 0.247 e. The largest absolute Gasteiger partial charge is 0.338 e. The molecule has 0 spiro atoms. The molecule has 28 heavy (non-hydrogen) atoms. The van der Waals surface area contributed by atoms with Gasteiger partial charge in [-0.2, -0.15) is 14.4 Å². The second-order valence-corrected chi connectivity index (χ2v) is 8.75. The second-order valence-electron chi connectivity index (χ2n) is 6.88. The fourth-order valence-corrected chi connectivity index (χ4v) is 4.79. The first-order valence-electron chi connectivity index (χ1n) is 9.20. The van der Waals surface area contributed by atoms with Crippen LogP contribution in [0.5, 0.6) is 0 Å². The zero-order valence-electron chi connectivity index (χ0n) is 16.7. The number of nitrogens with zero attached hydrogens (tertiary/aromatic N) is 5. The predicted octanol–water partition coefficient (Wildman–Crippen LogP) is 3.21. The van der Waals surface area contributed by atoms with Gasteiger partial charge in [-0.3, -0.25) is 0 Å². The van der Waals surface area contributed by atoms with Gasteiger partial charge in [-0.05, 0) is 26.0 Å². The minimum absolute atomic E-state index is 0.0218. The highest BCUT2D eigenvalue weighted by atomic mass is 32.2. The summed E-state index contributed by atoms with van der Waals surface area (Å²) < 4.78 is 35.0. The van der Waals surface area contributed by atoms with Crippen LogP contribution in [0.4, 0.5) is 0 Å². The van der Waals surface area contributed by atoms with Crippen LogP contribution < -0.4 is 0 Å². The van der Waals surface area contributed by atoms with E-state index in [1.54, 1.807) is 25.5 Å². The lowest BCUT2D eigenvalue weighted by atomic mass is 10.2. The third kappa shape index (κ3) is 3.72. The molecule has 0 N–H and O–H groups in total. The molecular formula is C19H25N5O3S. The van der Waals surface area contributed by atoms with Gasteiger partial charge < -0.3 is 4.52 Å². The Balaban J connectivity index is 1.97. The van der Waals surface area contributed by atoms with Gasteiger partial charge in [-0.25, -0.2) is 13.1 Å². The Morgan fingerprint density at radius 3 is 2.43 bits per heavy atom. The van der Waals surface area contributed by atoms with E-state index in [4.69, 9.17) is 4.52 Å². The Hall–Kier alpha value is -2.52. The number of aryl methyl sites for hydroxylation is 1. The fourth-order valence-electron chi connectivity index (χ4n) is 3.04. The summed E-state index contributed by atoms with van der Waals surface area (Å²) in [5.41, 5.74) is 1.83. The van der Waals surface area contributed by atoms with E-state index in [9.17, 15) is 8.42 Å². The molecule has 0 unspecified atom stereocenters. The first-order chi connectivity index (χ1) is 13.3. The van der Waals surface area contributed by atoms with Crippen LogP contribution in [-0.2, 0) is 16.6 Å². The number of sulfonamides is 1. The van der Waals surface area contributed by atoms with E-state index < -0.39 is 10.0 Å². The zero-order valence-corrected chi connectivity index (χ0v) is 17.6. The van der Waals surface area contributed by atoms with Crippen LogP contribution in [-0.4, -0.2) is 39.2 Å². The normalized spacial score (nSPS) is 12.2.